The molecule has 1 N–H and O–H groups in total. The number of nitrogens with zero attached hydrogens (tertiary/aromatic N) is 1. The molecule has 0 saturated carbocycles. The van der Waals surface area contributed by atoms with Crippen molar-refractivity contribution >= 4 is 11.8 Å². The Balaban J connectivity index is 2.10. The summed E-state index contributed by atoms with van der Waals surface area (Å²) in [5.74, 6) is 2.26. The van der Waals surface area contributed by atoms with Crippen molar-refractivity contribution < 1.29 is 0 Å². The third-order valence-electron chi connectivity index (χ3n) is 3.34. The first-order valence-electron chi connectivity index (χ1n) is 7.48. The molecule has 0 aliphatic heterocycles. The van der Waals surface area contributed by atoms with Crippen molar-refractivity contribution in [2.24, 2.45) is 0 Å². The summed E-state index contributed by atoms with van der Waals surface area (Å²) >= 11 is 1.98. The fourth-order valence-electron chi connectivity index (χ4n) is 2.03. The molecule has 1 aromatic carbocycles. The van der Waals surface area contributed by atoms with E-state index in [0.29, 0.717) is 0 Å². The highest BCUT2D eigenvalue weighted by atomic mass is 32.2. The van der Waals surface area contributed by atoms with Gasteiger partial charge in [-0.2, -0.15) is 17.0 Å². The summed E-state index contributed by atoms with van der Waals surface area (Å²) < 4.78 is 0. The first-order valence-corrected chi connectivity index (χ1v) is 8.63. The van der Waals surface area contributed by atoms with Crippen LogP contribution in [0.15, 0.2) is 30.3 Å². The van der Waals surface area contributed by atoms with Crippen LogP contribution in [0.2, 0.25) is 0 Å². The highest BCUT2D eigenvalue weighted by Gasteiger charge is 2.21. The highest BCUT2D eigenvalue weighted by molar-refractivity contribution is 7.98. The Morgan fingerprint density at radius 3 is 2.65 bits per heavy atom. The third-order valence-corrected chi connectivity index (χ3v) is 4.45. The predicted molar refractivity (Wildman–Crippen MR) is 88.8 cm³/mol. The molecule has 0 bridgehead atoms. The van der Waals surface area contributed by atoms with Gasteiger partial charge in [-0.3, -0.25) is 5.32 Å². The first-order chi connectivity index (χ1) is 9.70. The van der Waals surface area contributed by atoms with E-state index in [0.717, 1.165) is 31.6 Å². The smallest absolute Gasteiger partial charge is 0.103 e. The maximum absolute atomic E-state index is 9.25. The molecule has 0 aliphatic rings. The molecule has 1 rings (SSSR count). The minimum Gasteiger partial charge on any atom is -0.300 e. The van der Waals surface area contributed by atoms with Gasteiger partial charge in [0.1, 0.15) is 5.54 Å². The number of unbranched alkanes of at least 4 members (excludes halogenated alkanes) is 1. The first kappa shape index (κ1) is 17.1. The van der Waals surface area contributed by atoms with Crippen LogP contribution < -0.4 is 5.32 Å². The van der Waals surface area contributed by atoms with Gasteiger partial charge in [-0.1, -0.05) is 37.3 Å². The Kier molecular flexibility index (Phi) is 8.41. The van der Waals surface area contributed by atoms with E-state index in [-0.39, 0.29) is 5.54 Å². The molecule has 1 aromatic rings. The average Bonchev–Trinajstić information content (AvgIpc) is 2.50. The predicted octanol–water partition coefficient (Wildman–Crippen LogP) is 4.37. The van der Waals surface area contributed by atoms with Crippen LogP contribution in [0.25, 0.3) is 0 Å². The second kappa shape index (κ2) is 9.85. The van der Waals surface area contributed by atoms with Crippen LogP contribution in [0, 0.1) is 11.3 Å². The largest absolute Gasteiger partial charge is 0.300 e. The topological polar surface area (TPSA) is 35.8 Å². The van der Waals surface area contributed by atoms with Crippen molar-refractivity contribution in [1.29, 1.82) is 5.26 Å². The molecule has 0 aromatic heterocycles. The lowest BCUT2D eigenvalue weighted by Gasteiger charge is -2.22. The van der Waals surface area contributed by atoms with E-state index in [2.05, 4.69) is 48.6 Å². The van der Waals surface area contributed by atoms with E-state index in [1.165, 1.54) is 17.7 Å². The molecule has 0 amide bonds. The second-order valence-corrected chi connectivity index (χ2v) is 6.47. The summed E-state index contributed by atoms with van der Waals surface area (Å²) in [6.07, 6.45) is 4.31. The van der Waals surface area contributed by atoms with E-state index in [1.807, 2.05) is 18.7 Å². The number of thioether (sulfide) groups is 1. The Hall–Kier alpha value is -0.980. The maximum Gasteiger partial charge on any atom is 0.103 e. The fourth-order valence-corrected chi connectivity index (χ4v) is 3.01. The number of hydrogen-bond donors (Lipinski definition) is 1. The maximum atomic E-state index is 9.25. The Morgan fingerprint density at radius 1 is 1.25 bits per heavy atom. The van der Waals surface area contributed by atoms with Crippen LogP contribution in [0.3, 0.4) is 0 Å². The van der Waals surface area contributed by atoms with E-state index in [4.69, 9.17) is 0 Å². The lowest BCUT2D eigenvalue weighted by atomic mass is 9.96. The zero-order valence-corrected chi connectivity index (χ0v) is 13.5. The Morgan fingerprint density at radius 2 is 2.00 bits per heavy atom. The molecule has 0 spiro atoms. The number of rotatable bonds is 10. The zero-order valence-electron chi connectivity index (χ0n) is 12.7. The summed E-state index contributed by atoms with van der Waals surface area (Å²) in [6.45, 7) is 5.07. The SMILES string of the molecule is CCCNC(C)(C#N)CCCCSCc1ccccc1. The van der Waals surface area contributed by atoms with Crippen molar-refractivity contribution in [3.8, 4) is 6.07 Å². The molecule has 0 radical (unpaired) electrons. The number of hydrogen-bond acceptors (Lipinski definition) is 3. The molecule has 0 aliphatic carbocycles. The van der Waals surface area contributed by atoms with Crippen molar-refractivity contribution in [3.63, 3.8) is 0 Å². The van der Waals surface area contributed by atoms with Gasteiger partial charge >= 0.3 is 0 Å². The fraction of sp³-hybridized carbons (Fsp3) is 0.588. The standard InChI is InChI=1S/C17H26N2S/c1-3-12-19-17(2,15-18)11-7-8-13-20-14-16-9-5-4-6-10-16/h4-6,9-10,19H,3,7-8,11-14H2,1-2H3. The lowest BCUT2D eigenvalue weighted by molar-refractivity contribution is 0.406. The van der Waals surface area contributed by atoms with Gasteiger partial charge in [0, 0.05) is 5.75 Å². The van der Waals surface area contributed by atoms with Gasteiger partial charge in [0.25, 0.3) is 0 Å². The van der Waals surface area contributed by atoms with Crippen LogP contribution in [0.5, 0.6) is 0 Å². The molecule has 1 unspecified atom stereocenters. The summed E-state index contributed by atoms with van der Waals surface area (Å²) in [5, 5.41) is 12.6. The van der Waals surface area contributed by atoms with Gasteiger partial charge in [-0.05, 0) is 50.5 Å². The van der Waals surface area contributed by atoms with Crippen LogP contribution in [-0.4, -0.2) is 17.8 Å². The molecule has 0 saturated heterocycles. The summed E-state index contributed by atoms with van der Waals surface area (Å²) in [4.78, 5) is 0. The molecular formula is C17H26N2S. The molecule has 3 heteroatoms. The molecule has 0 fully saturated rings. The van der Waals surface area contributed by atoms with Crippen LogP contribution in [-0.2, 0) is 5.75 Å². The number of nitriles is 1. The van der Waals surface area contributed by atoms with Gasteiger partial charge < -0.3 is 0 Å². The van der Waals surface area contributed by atoms with E-state index >= 15 is 0 Å². The van der Waals surface area contributed by atoms with E-state index in [9.17, 15) is 5.26 Å². The van der Waals surface area contributed by atoms with Crippen LogP contribution in [0.1, 0.15) is 45.1 Å². The monoisotopic (exact) mass is 290 g/mol. The highest BCUT2D eigenvalue weighted by Crippen LogP contribution is 2.17. The Labute approximate surface area is 128 Å². The minimum atomic E-state index is -0.347. The van der Waals surface area contributed by atoms with Crippen molar-refractivity contribution in [3.05, 3.63) is 35.9 Å². The van der Waals surface area contributed by atoms with Crippen LogP contribution >= 0.6 is 11.8 Å². The normalized spacial score (nSPS) is 13.7. The van der Waals surface area contributed by atoms with Gasteiger partial charge in [-0.25, -0.2) is 0 Å². The quantitative estimate of drug-likeness (QED) is 0.650. The average molecular weight is 290 g/mol. The summed E-state index contributed by atoms with van der Waals surface area (Å²) in [5.41, 5.74) is 1.05. The zero-order chi connectivity index (χ0) is 14.7. The van der Waals surface area contributed by atoms with Crippen LogP contribution in [0.4, 0.5) is 0 Å². The van der Waals surface area contributed by atoms with E-state index in [1.54, 1.807) is 0 Å². The summed E-state index contributed by atoms with van der Waals surface area (Å²) in [7, 11) is 0. The third kappa shape index (κ3) is 6.98. The molecule has 2 nitrogen and oxygen atoms in total. The second-order valence-electron chi connectivity index (χ2n) is 5.37. The van der Waals surface area contributed by atoms with Gasteiger partial charge in [0.2, 0.25) is 0 Å². The molecule has 0 heterocycles. The molecule has 20 heavy (non-hydrogen) atoms. The van der Waals surface area contributed by atoms with E-state index < -0.39 is 0 Å². The molecule has 1 atom stereocenters. The van der Waals surface area contributed by atoms with Gasteiger partial charge in [-0.15, -0.1) is 0 Å². The van der Waals surface area contributed by atoms with Gasteiger partial charge in [0.15, 0.2) is 0 Å². The Bertz CT molecular complexity index is 399. The van der Waals surface area contributed by atoms with Crippen molar-refractivity contribution in [1.82, 2.24) is 5.32 Å². The molecular weight excluding hydrogens is 264 g/mol. The summed E-state index contributed by atoms with van der Waals surface area (Å²) in [6, 6.07) is 13.0. The van der Waals surface area contributed by atoms with Crippen molar-refractivity contribution in [2.75, 3.05) is 12.3 Å². The van der Waals surface area contributed by atoms with Gasteiger partial charge in [0.05, 0.1) is 6.07 Å². The van der Waals surface area contributed by atoms with Crippen molar-refractivity contribution in [2.45, 2.75) is 50.8 Å². The number of benzene rings is 1. The minimum absolute atomic E-state index is 0.347. The number of nitrogens with one attached hydrogen (secondary N) is 1. The molecule has 110 valence electrons. The lowest BCUT2D eigenvalue weighted by Crippen LogP contribution is -2.41.